The Hall–Kier alpha value is -3.43. The summed E-state index contributed by atoms with van der Waals surface area (Å²) in [4.78, 5) is 15.9. The van der Waals surface area contributed by atoms with Crippen LogP contribution in [0.1, 0.15) is 28.4 Å². The number of benzene rings is 2. The molecule has 0 atom stereocenters. The van der Waals surface area contributed by atoms with Crippen LogP contribution in [0.4, 0.5) is 5.69 Å². The maximum Gasteiger partial charge on any atom is 0.273 e. The molecule has 0 saturated carbocycles. The van der Waals surface area contributed by atoms with E-state index in [1.165, 1.54) is 23.8 Å². The fraction of sp³-hybridized carbons (Fsp3) is 0.0909. The predicted octanol–water partition coefficient (Wildman–Crippen LogP) is 4.36. The van der Waals surface area contributed by atoms with Crippen LogP contribution in [0, 0.1) is 0 Å². The van der Waals surface area contributed by atoms with Crippen molar-refractivity contribution in [1.29, 1.82) is 0 Å². The molecule has 4 aromatic rings. The highest BCUT2D eigenvalue weighted by molar-refractivity contribution is 7.94. The average molecular weight is 453 g/mol. The van der Waals surface area contributed by atoms with Gasteiger partial charge in [0, 0.05) is 22.7 Å². The molecule has 0 bridgehead atoms. The molecule has 2 heterocycles. The van der Waals surface area contributed by atoms with E-state index >= 15 is 0 Å². The molecule has 0 radical (unpaired) electrons. The van der Waals surface area contributed by atoms with Crippen LogP contribution in [0.5, 0.6) is 0 Å². The standard InChI is InChI=1S/C22H20N4O3S2/c1-2-15-7-5-9-17-16(13-23-21(15)17)14-24-25-22(27)18-8-3-4-10-19(18)26-31(28,29)20-11-6-12-30-20/h3-14,23,26H,2H2,1H3,(H,25,27)/b24-14+. The molecule has 0 aliphatic rings. The van der Waals surface area contributed by atoms with Gasteiger partial charge in [0.1, 0.15) is 4.21 Å². The second kappa shape index (κ2) is 8.75. The van der Waals surface area contributed by atoms with E-state index in [2.05, 4.69) is 33.2 Å². The first-order valence-electron chi connectivity index (χ1n) is 9.57. The van der Waals surface area contributed by atoms with Gasteiger partial charge in [-0.2, -0.15) is 5.10 Å². The highest BCUT2D eigenvalue weighted by Gasteiger charge is 2.19. The number of hydrogen-bond donors (Lipinski definition) is 3. The number of H-pyrrole nitrogens is 1. The van der Waals surface area contributed by atoms with Gasteiger partial charge in [-0.05, 0) is 35.6 Å². The van der Waals surface area contributed by atoms with Crippen LogP contribution in [-0.2, 0) is 16.4 Å². The largest absolute Gasteiger partial charge is 0.360 e. The Morgan fingerprint density at radius 2 is 1.97 bits per heavy atom. The maximum atomic E-state index is 12.7. The highest BCUT2D eigenvalue weighted by Crippen LogP contribution is 2.23. The fourth-order valence-corrected chi connectivity index (χ4v) is 5.32. The molecule has 2 aromatic heterocycles. The van der Waals surface area contributed by atoms with E-state index in [1.807, 2.05) is 18.3 Å². The van der Waals surface area contributed by atoms with Crippen LogP contribution in [0.2, 0.25) is 0 Å². The summed E-state index contributed by atoms with van der Waals surface area (Å²) < 4.78 is 27.7. The average Bonchev–Trinajstić information content (AvgIpc) is 3.44. The minimum atomic E-state index is -3.77. The quantitative estimate of drug-likeness (QED) is 0.287. The molecule has 0 aliphatic heterocycles. The van der Waals surface area contributed by atoms with Crippen LogP contribution < -0.4 is 10.1 Å². The number of aryl methyl sites for hydroxylation is 1. The monoisotopic (exact) mass is 452 g/mol. The number of aromatic nitrogens is 1. The molecule has 2 aromatic carbocycles. The van der Waals surface area contributed by atoms with Crippen molar-refractivity contribution < 1.29 is 13.2 Å². The van der Waals surface area contributed by atoms with Crippen molar-refractivity contribution in [3.8, 4) is 0 Å². The number of thiophene rings is 1. The van der Waals surface area contributed by atoms with Crippen molar-refractivity contribution in [3.63, 3.8) is 0 Å². The molecular weight excluding hydrogens is 432 g/mol. The number of carbonyl (C=O) groups is 1. The number of fused-ring (bicyclic) bond motifs is 1. The summed E-state index contributed by atoms with van der Waals surface area (Å²) in [7, 11) is -3.77. The minimum Gasteiger partial charge on any atom is -0.360 e. The molecule has 4 rings (SSSR count). The molecular formula is C22H20N4O3S2. The van der Waals surface area contributed by atoms with E-state index in [1.54, 1.807) is 29.8 Å². The number of hydrazone groups is 1. The van der Waals surface area contributed by atoms with E-state index < -0.39 is 15.9 Å². The van der Waals surface area contributed by atoms with Gasteiger partial charge in [-0.3, -0.25) is 9.52 Å². The molecule has 3 N–H and O–H groups in total. The lowest BCUT2D eigenvalue weighted by molar-refractivity contribution is 0.0956. The Kier molecular flexibility index (Phi) is 5.88. The zero-order chi connectivity index (χ0) is 21.8. The summed E-state index contributed by atoms with van der Waals surface area (Å²) in [5, 5.41) is 6.76. The number of rotatable bonds is 7. The molecule has 0 spiro atoms. The summed E-state index contributed by atoms with van der Waals surface area (Å²) in [6.45, 7) is 2.09. The summed E-state index contributed by atoms with van der Waals surface area (Å²) in [6, 6.07) is 15.6. The van der Waals surface area contributed by atoms with Crippen LogP contribution in [0.25, 0.3) is 10.9 Å². The SMILES string of the molecule is CCc1cccc2c(/C=N/NC(=O)c3ccccc3NS(=O)(=O)c3cccs3)c[nH]c12. The van der Waals surface area contributed by atoms with Gasteiger partial charge in [0.05, 0.1) is 17.5 Å². The molecule has 158 valence electrons. The van der Waals surface area contributed by atoms with Gasteiger partial charge >= 0.3 is 0 Å². The van der Waals surface area contributed by atoms with E-state index in [4.69, 9.17) is 0 Å². The first-order chi connectivity index (χ1) is 15.0. The molecule has 0 aliphatic carbocycles. The Bertz CT molecular complexity index is 1360. The third-order valence-corrected chi connectivity index (χ3v) is 7.52. The zero-order valence-electron chi connectivity index (χ0n) is 16.6. The number of nitrogens with one attached hydrogen (secondary N) is 3. The van der Waals surface area contributed by atoms with Crippen molar-refractivity contribution in [3.05, 3.63) is 82.9 Å². The molecule has 0 fully saturated rings. The Balaban J connectivity index is 1.52. The Labute approximate surface area is 183 Å². The van der Waals surface area contributed by atoms with E-state index in [-0.39, 0.29) is 15.5 Å². The van der Waals surface area contributed by atoms with Crippen molar-refractivity contribution in [2.75, 3.05) is 4.72 Å². The normalized spacial score (nSPS) is 11.8. The topological polar surface area (TPSA) is 103 Å². The Morgan fingerprint density at radius 1 is 1.13 bits per heavy atom. The third kappa shape index (κ3) is 4.37. The summed E-state index contributed by atoms with van der Waals surface area (Å²) in [5.74, 6) is -0.519. The summed E-state index contributed by atoms with van der Waals surface area (Å²) in [6.07, 6.45) is 4.31. The van der Waals surface area contributed by atoms with Gasteiger partial charge in [0.15, 0.2) is 0 Å². The molecule has 9 heteroatoms. The number of carbonyl (C=O) groups excluding carboxylic acids is 1. The van der Waals surface area contributed by atoms with Gasteiger partial charge in [0.25, 0.3) is 15.9 Å². The van der Waals surface area contributed by atoms with Gasteiger partial charge < -0.3 is 4.98 Å². The summed E-state index contributed by atoms with van der Waals surface area (Å²) >= 11 is 1.10. The highest BCUT2D eigenvalue weighted by atomic mass is 32.2. The summed E-state index contributed by atoms with van der Waals surface area (Å²) in [5.41, 5.74) is 5.93. The number of para-hydroxylation sites is 2. The van der Waals surface area contributed by atoms with Crippen molar-refractivity contribution >= 4 is 50.1 Å². The molecule has 0 saturated heterocycles. The molecule has 0 unspecified atom stereocenters. The molecule has 31 heavy (non-hydrogen) atoms. The van der Waals surface area contributed by atoms with Gasteiger partial charge in [0.2, 0.25) is 0 Å². The van der Waals surface area contributed by atoms with Gasteiger partial charge in [-0.1, -0.05) is 43.3 Å². The maximum absolute atomic E-state index is 12.7. The van der Waals surface area contributed by atoms with Crippen molar-refractivity contribution in [2.24, 2.45) is 5.10 Å². The molecule has 1 amide bonds. The van der Waals surface area contributed by atoms with Gasteiger partial charge in [-0.15, -0.1) is 11.3 Å². The number of amides is 1. The predicted molar refractivity (Wildman–Crippen MR) is 124 cm³/mol. The number of anilines is 1. The lowest BCUT2D eigenvalue weighted by Crippen LogP contribution is -2.21. The number of aromatic amines is 1. The minimum absolute atomic E-state index is 0.173. The first-order valence-corrected chi connectivity index (χ1v) is 11.9. The third-order valence-electron chi connectivity index (χ3n) is 4.76. The Morgan fingerprint density at radius 3 is 2.74 bits per heavy atom. The second-order valence-corrected chi connectivity index (χ2v) is 9.58. The zero-order valence-corrected chi connectivity index (χ0v) is 18.3. The lowest BCUT2D eigenvalue weighted by Gasteiger charge is -2.10. The van der Waals surface area contributed by atoms with E-state index in [9.17, 15) is 13.2 Å². The lowest BCUT2D eigenvalue weighted by atomic mass is 10.1. The number of sulfonamides is 1. The second-order valence-electron chi connectivity index (χ2n) is 6.72. The van der Waals surface area contributed by atoms with Crippen molar-refractivity contribution in [1.82, 2.24) is 10.4 Å². The van der Waals surface area contributed by atoms with E-state index in [0.29, 0.717) is 0 Å². The van der Waals surface area contributed by atoms with Crippen molar-refractivity contribution in [2.45, 2.75) is 17.6 Å². The van der Waals surface area contributed by atoms with Crippen LogP contribution in [0.15, 0.2) is 75.5 Å². The first kappa shape index (κ1) is 20.8. The molecule has 7 nitrogen and oxygen atoms in total. The van der Waals surface area contributed by atoms with Crippen LogP contribution in [0.3, 0.4) is 0 Å². The fourth-order valence-electron chi connectivity index (χ4n) is 3.24. The van der Waals surface area contributed by atoms with Crippen LogP contribution >= 0.6 is 11.3 Å². The number of hydrogen-bond acceptors (Lipinski definition) is 5. The van der Waals surface area contributed by atoms with Crippen LogP contribution in [-0.4, -0.2) is 25.5 Å². The van der Waals surface area contributed by atoms with E-state index in [0.717, 1.165) is 34.2 Å². The smallest absolute Gasteiger partial charge is 0.273 e. The number of nitrogens with zero attached hydrogens (tertiary/aromatic N) is 1. The van der Waals surface area contributed by atoms with Gasteiger partial charge in [-0.25, -0.2) is 13.8 Å².